The van der Waals surface area contributed by atoms with Crippen LogP contribution < -0.4 is 5.43 Å². The normalized spacial score (nSPS) is 10.9. The Labute approximate surface area is 144 Å². The molecule has 3 heteroatoms. The molecule has 24 heavy (non-hydrogen) atoms. The highest BCUT2D eigenvalue weighted by atomic mass is 35.5. The number of hydrogen-bond acceptors (Lipinski definition) is 1. The van der Waals surface area contributed by atoms with E-state index in [2.05, 4.69) is 4.57 Å². The van der Waals surface area contributed by atoms with E-state index >= 15 is 0 Å². The van der Waals surface area contributed by atoms with Crippen LogP contribution >= 0.6 is 11.6 Å². The maximum absolute atomic E-state index is 13.0. The summed E-state index contributed by atoms with van der Waals surface area (Å²) in [5.41, 5.74) is 3.46. The highest BCUT2D eigenvalue weighted by Gasteiger charge is 2.11. The molecule has 0 aliphatic heterocycles. The van der Waals surface area contributed by atoms with Gasteiger partial charge in [0.1, 0.15) is 0 Å². The molecule has 0 atom stereocenters. The minimum Gasteiger partial charge on any atom is -0.316 e. The lowest BCUT2D eigenvalue weighted by Gasteiger charge is -2.14. The van der Waals surface area contributed by atoms with Crippen molar-refractivity contribution in [2.24, 2.45) is 0 Å². The summed E-state index contributed by atoms with van der Waals surface area (Å²) >= 11 is 5.98. The van der Waals surface area contributed by atoms with Crippen molar-refractivity contribution < 1.29 is 0 Å². The molecule has 0 saturated heterocycles. The van der Waals surface area contributed by atoms with Crippen LogP contribution in [0.1, 0.15) is 0 Å². The Morgan fingerprint density at radius 3 is 2.17 bits per heavy atom. The number of benzene rings is 3. The molecule has 0 saturated carbocycles. The van der Waals surface area contributed by atoms with E-state index in [9.17, 15) is 4.79 Å². The molecule has 0 amide bonds. The van der Waals surface area contributed by atoms with E-state index in [0.717, 1.165) is 16.8 Å². The number of nitrogens with zero attached hydrogens (tertiary/aromatic N) is 1. The van der Waals surface area contributed by atoms with E-state index in [0.29, 0.717) is 16.0 Å². The molecule has 0 aliphatic carbocycles. The predicted octanol–water partition coefficient (Wildman–Crippen LogP) is 5.31. The fourth-order valence-corrected chi connectivity index (χ4v) is 3.04. The van der Waals surface area contributed by atoms with Gasteiger partial charge in [0.15, 0.2) is 5.43 Å². The maximum atomic E-state index is 13.0. The van der Waals surface area contributed by atoms with Crippen LogP contribution in [-0.2, 0) is 0 Å². The number of fused-ring (bicyclic) bond motifs is 1. The van der Waals surface area contributed by atoms with Gasteiger partial charge in [-0.25, -0.2) is 0 Å². The SMILES string of the molecule is O=c1c(-c2ccc(Cl)cc2)cn(-c2ccccc2)c2ccccc12. The van der Waals surface area contributed by atoms with Crippen molar-refractivity contribution in [2.45, 2.75) is 0 Å². The van der Waals surface area contributed by atoms with Crippen molar-refractivity contribution in [3.63, 3.8) is 0 Å². The number of aromatic nitrogens is 1. The van der Waals surface area contributed by atoms with Gasteiger partial charge in [0.25, 0.3) is 0 Å². The van der Waals surface area contributed by atoms with Crippen molar-refractivity contribution in [1.82, 2.24) is 4.57 Å². The molecule has 2 nitrogen and oxygen atoms in total. The summed E-state index contributed by atoms with van der Waals surface area (Å²) < 4.78 is 2.06. The molecule has 116 valence electrons. The summed E-state index contributed by atoms with van der Waals surface area (Å²) in [4.78, 5) is 13.0. The number of para-hydroxylation sites is 2. The van der Waals surface area contributed by atoms with Crippen LogP contribution in [0.2, 0.25) is 5.02 Å². The monoisotopic (exact) mass is 331 g/mol. The number of hydrogen-bond donors (Lipinski definition) is 0. The minimum atomic E-state index is 0.0279. The minimum absolute atomic E-state index is 0.0279. The second kappa shape index (κ2) is 5.99. The zero-order chi connectivity index (χ0) is 16.5. The fourth-order valence-electron chi connectivity index (χ4n) is 2.92. The molecule has 0 radical (unpaired) electrons. The van der Waals surface area contributed by atoms with Crippen LogP contribution in [0.15, 0.2) is 89.9 Å². The van der Waals surface area contributed by atoms with E-state index in [4.69, 9.17) is 11.6 Å². The van der Waals surface area contributed by atoms with E-state index < -0.39 is 0 Å². The van der Waals surface area contributed by atoms with Gasteiger partial charge in [0.2, 0.25) is 0 Å². The molecular formula is C21H14ClNO. The van der Waals surface area contributed by atoms with Gasteiger partial charge >= 0.3 is 0 Å². The van der Waals surface area contributed by atoms with Gasteiger partial charge in [-0.1, -0.05) is 54.1 Å². The lowest BCUT2D eigenvalue weighted by Crippen LogP contribution is -2.11. The maximum Gasteiger partial charge on any atom is 0.197 e. The molecule has 0 spiro atoms. The zero-order valence-corrected chi connectivity index (χ0v) is 13.6. The van der Waals surface area contributed by atoms with Crippen molar-refractivity contribution in [3.8, 4) is 16.8 Å². The van der Waals surface area contributed by atoms with Gasteiger partial charge in [-0.2, -0.15) is 0 Å². The van der Waals surface area contributed by atoms with Gasteiger partial charge in [-0.3, -0.25) is 4.79 Å². The summed E-state index contributed by atoms with van der Waals surface area (Å²) in [7, 11) is 0. The average molecular weight is 332 g/mol. The second-order valence-electron chi connectivity index (χ2n) is 5.60. The molecule has 4 rings (SSSR count). The summed E-state index contributed by atoms with van der Waals surface area (Å²) in [6, 6.07) is 25.1. The summed E-state index contributed by atoms with van der Waals surface area (Å²) in [6.45, 7) is 0. The second-order valence-corrected chi connectivity index (χ2v) is 6.04. The zero-order valence-electron chi connectivity index (χ0n) is 12.8. The molecule has 0 bridgehead atoms. The Balaban J connectivity index is 2.07. The van der Waals surface area contributed by atoms with Crippen LogP contribution in [0.25, 0.3) is 27.7 Å². The van der Waals surface area contributed by atoms with Crippen molar-refractivity contribution in [2.75, 3.05) is 0 Å². The van der Waals surface area contributed by atoms with Gasteiger partial charge in [0.05, 0.1) is 5.52 Å². The number of halogens is 1. The predicted molar refractivity (Wildman–Crippen MR) is 100.0 cm³/mol. The third-order valence-corrected chi connectivity index (χ3v) is 4.35. The number of rotatable bonds is 2. The smallest absolute Gasteiger partial charge is 0.197 e. The third kappa shape index (κ3) is 2.51. The third-order valence-electron chi connectivity index (χ3n) is 4.10. The van der Waals surface area contributed by atoms with E-state index in [-0.39, 0.29) is 5.43 Å². The van der Waals surface area contributed by atoms with Gasteiger partial charge in [0, 0.05) is 27.9 Å². The molecular weight excluding hydrogens is 318 g/mol. The van der Waals surface area contributed by atoms with Crippen molar-refractivity contribution in [3.05, 3.63) is 100 Å². The molecule has 1 aromatic heterocycles. The Morgan fingerprint density at radius 2 is 1.42 bits per heavy atom. The molecule has 4 aromatic rings. The summed E-state index contributed by atoms with van der Waals surface area (Å²) in [5, 5.41) is 1.36. The molecule has 0 unspecified atom stereocenters. The van der Waals surface area contributed by atoms with Gasteiger partial charge in [-0.05, 0) is 42.0 Å². The van der Waals surface area contributed by atoms with Crippen LogP contribution in [0.5, 0.6) is 0 Å². The number of pyridine rings is 1. The lowest BCUT2D eigenvalue weighted by atomic mass is 10.0. The Morgan fingerprint density at radius 1 is 0.750 bits per heavy atom. The first-order valence-corrected chi connectivity index (χ1v) is 8.07. The Bertz CT molecular complexity index is 1070. The first kappa shape index (κ1) is 14.7. The van der Waals surface area contributed by atoms with E-state index in [1.165, 1.54) is 0 Å². The molecule has 3 aromatic carbocycles. The first-order valence-electron chi connectivity index (χ1n) is 7.70. The largest absolute Gasteiger partial charge is 0.316 e. The van der Waals surface area contributed by atoms with Gasteiger partial charge in [-0.15, -0.1) is 0 Å². The van der Waals surface area contributed by atoms with Crippen molar-refractivity contribution >= 4 is 22.5 Å². The summed E-state index contributed by atoms with van der Waals surface area (Å²) in [5.74, 6) is 0. The highest BCUT2D eigenvalue weighted by molar-refractivity contribution is 6.30. The average Bonchev–Trinajstić information content (AvgIpc) is 2.64. The van der Waals surface area contributed by atoms with Crippen LogP contribution in [0, 0.1) is 0 Å². The van der Waals surface area contributed by atoms with Crippen molar-refractivity contribution in [1.29, 1.82) is 0 Å². The standard InChI is InChI=1S/C21H14ClNO/c22-16-12-10-15(11-13-16)19-14-23(17-6-2-1-3-7-17)20-9-5-4-8-18(20)21(19)24/h1-14H. The quantitative estimate of drug-likeness (QED) is 0.488. The molecule has 0 aliphatic rings. The highest BCUT2D eigenvalue weighted by Crippen LogP contribution is 2.24. The molecule has 0 fully saturated rings. The lowest BCUT2D eigenvalue weighted by molar-refractivity contribution is 1.10. The molecule has 1 heterocycles. The Hall–Kier alpha value is -2.84. The van der Waals surface area contributed by atoms with Gasteiger partial charge < -0.3 is 4.57 Å². The van der Waals surface area contributed by atoms with Crippen LogP contribution in [0.3, 0.4) is 0 Å². The van der Waals surface area contributed by atoms with Crippen LogP contribution in [0.4, 0.5) is 0 Å². The molecule has 0 N–H and O–H groups in total. The fraction of sp³-hybridized carbons (Fsp3) is 0. The Kier molecular flexibility index (Phi) is 3.68. The summed E-state index contributed by atoms with van der Waals surface area (Å²) in [6.07, 6.45) is 1.91. The first-order chi connectivity index (χ1) is 11.7. The van der Waals surface area contributed by atoms with E-state index in [1.807, 2.05) is 72.9 Å². The topological polar surface area (TPSA) is 22.0 Å². The van der Waals surface area contributed by atoms with E-state index in [1.54, 1.807) is 12.1 Å². The van der Waals surface area contributed by atoms with Crippen LogP contribution in [-0.4, -0.2) is 4.57 Å².